The minimum Gasteiger partial charge on any atom is -0.383 e. The minimum absolute atomic E-state index is 0.680. The fourth-order valence-electron chi connectivity index (χ4n) is 1.90. The topological polar surface area (TPSA) is 51.6 Å². The van der Waals surface area contributed by atoms with E-state index in [0.29, 0.717) is 0 Å². The molecule has 0 radical (unpaired) electrons. The molecular weight excluding hydrogens is 218 g/mol. The molecule has 1 atom stereocenters. The second-order valence-corrected chi connectivity index (χ2v) is 3.73. The van der Waals surface area contributed by atoms with Gasteiger partial charge in [-0.25, -0.2) is 0 Å². The number of hydrogen-bond donors (Lipinski definition) is 1. The van der Waals surface area contributed by atoms with Gasteiger partial charge < -0.3 is 14.6 Å². The van der Waals surface area contributed by atoms with Crippen LogP contribution in [0.4, 0.5) is 0 Å². The highest BCUT2D eigenvalue weighted by molar-refractivity contribution is 5.85. The van der Waals surface area contributed by atoms with Crippen molar-refractivity contribution in [3.05, 3.63) is 42.2 Å². The van der Waals surface area contributed by atoms with Gasteiger partial charge in [0.15, 0.2) is 6.29 Å². The number of hydrogen-bond acceptors (Lipinski definition) is 4. The van der Waals surface area contributed by atoms with Gasteiger partial charge >= 0.3 is 0 Å². The first kappa shape index (κ1) is 12.0. The van der Waals surface area contributed by atoms with Crippen LogP contribution in [-0.2, 0) is 9.47 Å². The minimum atomic E-state index is -0.835. The smallest absolute Gasteiger partial charge is 0.187 e. The largest absolute Gasteiger partial charge is 0.383 e. The molecule has 2 rings (SSSR count). The lowest BCUT2D eigenvalue weighted by Crippen LogP contribution is -2.22. The van der Waals surface area contributed by atoms with Crippen LogP contribution in [0, 0.1) is 0 Å². The Labute approximate surface area is 99.8 Å². The molecule has 1 aromatic heterocycles. The van der Waals surface area contributed by atoms with E-state index >= 15 is 0 Å². The van der Waals surface area contributed by atoms with Crippen LogP contribution in [0.2, 0.25) is 0 Å². The maximum atomic E-state index is 10.2. The molecule has 0 saturated carbocycles. The Morgan fingerprint density at radius 2 is 1.94 bits per heavy atom. The van der Waals surface area contributed by atoms with E-state index in [2.05, 4.69) is 4.98 Å². The lowest BCUT2D eigenvalue weighted by molar-refractivity contribution is -0.165. The number of aliphatic hydroxyl groups is 1. The fourth-order valence-corrected chi connectivity index (χ4v) is 1.90. The van der Waals surface area contributed by atoms with Gasteiger partial charge in [0.2, 0.25) is 0 Å². The Bertz CT molecular complexity index is 491. The zero-order valence-corrected chi connectivity index (χ0v) is 9.83. The van der Waals surface area contributed by atoms with E-state index in [0.717, 1.165) is 16.3 Å². The average Bonchev–Trinajstić information content (AvgIpc) is 2.39. The number of benzene rings is 1. The molecule has 4 heteroatoms. The molecule has 0 spiro atoms. The van der Waals surface area contributed by atoms with Gasteiger partial charge in [-0.15, -0.1) is 0 Å². The van der Waals surface area contributed by atoms with Crippen LogP contribution in [0.3, 0.4) is 0 Å². The number of pyridine rings is 1. The maximum Gasteiger partial charge on any atom is 0.187 e. The van der Waals surface area contributed by atoms with E-state index in [1.54, 1.807) is 12.4 Å². The van der Waals surface area contributed by atoms with Crippen molar-refractivity contribution < 1.29 is 14.6 Å². The van der Waals surface area contributed by atoms with Crippen LogP contribution < -0.4 is 0 Å². The van der Waals surface area contributed by atoms with Crippen molar-refractivity contribution in [2.75, 3.05) is 14.2 Å². The molecule has 0 amide bonds. The predicted octanol–water partition coefficient (Wildman–Crippen LogP) is 1.89. The zero-order chi connectivity index (χ0) is 12.3. The Hall–Kier alpha value is -1.49. The van der Waals surface area contributed by atoms with Crippen LogP contribution in [0.1, 0.15) is 11.7 Å². The van der Waals surface area contributed by atoms with Crippen molar-refractivity contribution in [1.82, 2.24) is 4.98 Å². The SMILES string of the molecule is COC(OC)C(O)c1cccc2ccncc12. The van der Waals surface area contributed by atoms with Gasteiger partial charge in [-0.1, -0.05) is 18.2 Å². The lowest BCUT2D eigenvalue weighted by atomic mass is 10.0. The molecule has 0 fully saturated rings. The number of methoxy groups -OCH3 is 2. The monoisotopic (exact) mass is 233 g/mol. The summed E-state index contributed by atoms with van der Waals surface area (Å²) in [4.78, 5) is 4.07. The van der Waals surface area contributed by atoms with Gasteiger partial charge in [-0.2, -0.15) is 0 Å². The van der Waals surface area contributed by atoms with Crippen LogP contribution in [0.15, 0.2) is 36.7 Å². The van der Waals surface area contributed by atoms with Gasteiger partial charge in [-0.05, 0) is 17.0 Å². The van der Waals surface area contributed by atoms with Gasteiger partial charge in [-0.3, -0.25) is 4.98 Å². The molecule has 1 heterocycles. The predicted molar refractivity (Wildman–Crippen MR) is 64.5 cm³/mol. The summed E-state index contributed by atoms with van der Waals surface area (Å²) < 4.78 is 10.1. The molecule has 4 nitrogen and oxygen atoms in total. The van der Waals surface area contributed by atoms with Crippen LogP contribution in [0.25, 0.3) is 10.8 Å². The molecule has 90 valence electrons. The normalized spacial score (nSPS) is 13.2. The van der Waals surface area contributed by atoms with Crippen molar-refractivity contribution >= 4 is 10.8 Å². The van der Waals surface area contributed by atoms with E-state index in [4.69, 9.17) is 9.47 Å². The first-order valence-corrected chi connectivity index (χ1v) is 5.34. The van der Waals surface area contributed by atoms with Crippen molar-refractivity contribution in [2.45, 2.75) is 12.4 Å². The van der Waals surface area contributed by atoms with Gasteiger partial charge in [0.1, 0.15) is 6.10 Å². The average molecular weight is 233 g/mol. The van der Waals surface area contributed by atoms with Crippen LogP contribution in [0.5, 0.6) is 0 Å². The quantitative estimate of drug-likeness (QED) is 0.819. The third-order valence-corrected chi connectivity index (χ3v) is 2.76. The molecule has 17 heavy (non-hydrogen) atoms. The Morgan fingerprint density at radius 1 is 1.18 bits per heavy atom. The summed E-state index contributed by atoms with van der Waals surface area (Å²) in [5.41, 5.74) is 0.754. The summed E-state index contributed by atoms with van der Waals surface area (Å²) in [6.45, 7) is 0. The highest BCUT2D eigenvalue weighted by Crippen LogP contribution is 2.26. The first-order chi connectivity index (χ1) is 8.27. The zero-order valence-electron chi connectivity index (χ0n) is 9.83. The molecule has 0 aliphatic rings. The lowest BCUT2D eigenvalue weighted by Gasteiger charge is -2.21. The van der Waals surface area contributed by atoms with Gasteiger partial charge in [0, 0.05) is 32.0 Å². The van der Waals surface area contributed by atoms with Gasteiger partial charge in [0.25, 0.3) is 0 Å². The highest BCUT2D eigenvalue weighted by Gasteiger charge is 2.21. The highest BCUT2D eigenvalue weighted by atomic mass is 16.7. The van der Waals surface area contributed by atoms with Crippen LogP contribution >= 0.6 is 0 Å². The van der Waals surface area contributed by atoms with E-state index in [1.807, 2.05) is 24.3 Å². The molecule has 2 aromatic rings. The molecule has 1 unspecified atom stereocenters. The van der Waals surface area contributed by atoms with Crippen molar-refractivity contribution in [3.63, 3.8) is 0 Å². The maximum absolute atomic E-state index is 10.2. The molecule has 0 aliphatic carbocycles. The molecule has 0 aliphatic heterocycles. The summed E-state index contributed by atoms with van der Waals surface area (Å²) in [5.74, 6) is 0. The molecular formula is C13H15NO3. The number of aliphatic hydroxyl groups excluding tert-OH is 1. The van der Waals surface area contributed by atoms with Crippen molar-refractivity contribution in [3.8, 4) is 0 Å². The standard InChI is InChI=1S/C13H15NO3/c1-16-13(17-2)12(15)10-5-3-4-9-6-7-14-8-11(9)10/h3-8,12-13,15H,1-2H3. The second-order valence-electron chi connectivity index (χ2n) is 3.73. The Balaban J connectivity index is 2.47. The summed E-state index contributed by atoms with van der Waals surface area (Å²) in [6.07, 6.45) is 1.94. The molecule has 1 N–H and O–H groups in total. The van der Waals surface area contributed by atoms with Crippen molar-refractivity contribution in [2.24, 2.45) is 0 Å². The van der Waals surface area contributed by atoms with E-state index in [-0.39, 0.29) is 0 Å². The number of fused-ring (bicyclic) bond motifs is 1. The number of rotatable bonds is 4. The Kier molecular flexibility index (Phi) is 3.68. The molecule has 0 bridgehead atoms. The Morgan fingerprint density at radius 3 is 2.65 bits per heavy atom. The summed E-state index contributed by atoms with van der Waals surface area (Å²) in [5, 5.41) is 12.1. The number of ether oxygens (including phenoxy) is 2. The van der Waals surface area contributed by atoms with E-state index in [9.17, 15) is 5.11 Å². The third kappa shape index (κ3) is 2.29. The second kappa shape index (κ2) is 5.23. The molecule has 0 saturated heterocycles. The first-order valence-electron chi connectivity index (χ1n) is 5.34. The summed E-state index contributed by atoms with van der Waals surface area (Å²) >= 11 is 0. The van der Waals surface area contributed by atoms with E-state index in [1.165, 1.54) is 14.2 Å². The third-order valence-electron chi connectivity index (χ3n) is 2.76. The fraction of sp³-hybridized carbons (Fsp3) is 0.308. The van der Waals surface area contributed by atoms with Crippen molar-refractivity contribution in [1.29, 1.82) is 0 Å². The summed E-state index contributed by atoms with van der Waals surface area (Å²) in [7, 11) is 3.00. The summed E-state index contributed by atoms with van der Waals surface area (Å²) in [6, 6.07) is 7.62. The molecule has 1 aromatic carbocycles. The van der Waals surface area contributed by atoms with Crippen LogP contribution in [-0.4, -0.2) is 30.6 Å². The van der Waals surface area contributed by atoms with Gasteiger partial charge in [0.05, 0.1) is 0 Å². The number of nitrogens with zero attached hydrogens (tertiary/aromatic N) is 1. The van der Waals surface area contributed by atoms with E-state index < -0.39 is 12.4 Å². The number of aromatic nitrogens is 1.